The molecule has 0 unspecified atom stereocenters. The van der Waals surface area contributed by atoms with Crippen LogP contribution in [0.1, 0.15) is 36.8 Å². The van der Waals surface area contributed by atoms with Crippen LogP contribution in [0.15, 0.2) is 6.07 Å². The van der Waals surface area contributed by atoms with Crippen LogP contribution in [0.4, 0.5) is 5.82 Å². The number of aromatic nitrogens is 2. The highest BCUT2D eigenvalue weighted by Gasteiger charge is 2.17. The monoisotopic (exact) mass is 206 g/mol. The van der Waals surface area contributed by atoms with Gasteiger partial charge in [-0.05, 0) is 26.3 Å². The van der Waals surface area contributed by atoms with Crippen LogP contribution in [0.2, 0.25) is 0 Å². The molecule has 0 saturated carbocycles. The Bertz CT molecular complexity index is 331. The third kappa shape index (κ3) is 2.45. The standard InChI is InChI=1S/C11H18N4/c1-8-7-10(12-2)15-11(14-8)9-5-3-4-6-13-9/h7,9,13H,3-6H2,1-2H3,(H,12,14,15)/t9-/m0/s1. The molecule has 82 valence electrons. The summed E-state index contributed by atoms with van der Waals surface area (Å²) in [6.07, 6.45) is 3.68. The van der Waals surface area contributed by atoms with E-state index in [-0.39, 0.29) is 0 Å². The number of rotatable bonds is 2. The van der Waals surface area contributed by atoms with Crippen LogP contribution < -0.4 is 10.6 Å². The molecule has 1 saturated heterocycles. The maximum Gasteiger partial charge on any atom is 0.147 e. The summed E-state index contributed by atoms with van der Waals surface area (Å²) in [7, 11) is 1.89. The van der Waals surface area contributed by atoms with E-state index < -0.39 is 0 Å². The molecule has 4 nitrogen and oxygen atoms in total. The first-order valence-electron chi connectivity index (χ1n) is 5.56. The van der Waals surface area contributed by atoms with Gasteiger partial charge in [-0.1, -0.05) is 6.42 Å². The summed E-state index contributed by atoms with van der Waals surface area (Å²) in [4.78, 5) is 8.98. The minimum Gasteiger partial charge on any atom is -0.373 e. The van der Waals surface area contributed by atoms with Gasteiger partial charge in [0, 0.05) is 18.8 Å². The molecule has 4 heteroatoms. The van der Waals surface area contributed by atoms with Crippen molar-refractivity contribution >= 4 is 5.82 Å². The molecule has 0 amide bonds. The van der Waals surface area contributed by atoms with Crippen molar-refractivity contribution < 1.29 is 0 Å². The fraction of sp³-hybridized carbons (Fsp3) is 0.636. The van der Waals surface area contributed by atoms with Crippen molar-refractivity contribution in [3.63, 3.8) is 0 Å². The Kier molecular flexibility index (Phi) is 3.16. The van der Waals surface area contributed by atoms with Crippen LogP contribution in [0, 0.1) is 6.92 Å². The van der Waals surface area contributed by atoms with Crippen LogP contribution in [0.25, 0.3) is 0 Å². The molecule has 1 aliphatic heterocycles. The number of hydrogen-bond donors (Lipinski definition) is 2. The first-order valence-corrected chi connectivity index (χ1v) is 5.56. The van der Waals surface area contributed by atoms with Crippen molar-refractivity contribution in [2.75, 3.05) is 18.9 Å². The van der Waals surface area contributed by atoms with E-state index in [4.69, 9.17) is 0 Å². The van der Waals surface area contributed by atoms with E-state index in [1.807, 2.05) is 20.0 Å². The summed E-state index contributed by atoms with van der Waals surface area (Å²) >= 11 is 0. The summed E-state index contributed by atoms with van der Waals surface area (Å²) < 4.78 is 0. The fourth-order valence-electron chi connectivity index (χ4n) is 1.95. The summed E-state index contributed by atoms with van der Waals surface area (Å²) in [5, 5.41) is 6.53. The van der Waals surface area contributed by atoms with Crippen molar-refractivity contribution in [2.24, 2.45) is 0 Å². The van der Waals surface area contributed by atoms with Gasteiger partial charge in [0.2, 0.25) is 0 Å². The van der Waals surface area contributed by atoms with Gasteiger partial charge in [-0.3, -0.25) is 0 Å². The Morgan fingerprint density at radius 2 is 2.27 bits per heavy atom. The topological polar surface area (TPSA) is 49.8 Å². The molecule has 0 bridgehead atoms. The number of piperidine rings is 1. The summed E-state index contributed by atoms with van der Waals surface area (Å²) in [6, 6.07) is 2.30. The van der Waals surface area contributed by atoms with Crippen molar-refractivity contribution in [3.8, 4) is 0 Å². The number of aryl methyl sites for hydroxylation is 1. The lowest BCUT2D eigenvalue weighted by molar-refractivity contribution is 0.397. The third-order valence-corrected chi connectivity index (χ3v) is 2.75. The minimum atomic E-state index is 0.339. The molecule has 1 atom stereocenters. The zero-order valence-electron chi connectivity index (χ0n) is 9.38. The van der Waals surface area contributed by atoms with E-state index in [0.29, 0.717) is 6.04 Å². The lowest BCUT2D eigenvalue weighted by Gasteiger charge is -2.22. The highest BCUT2D eigenvalue weighted by Crippen LogP contribution is 2.21. The molecule has 0 radical (unpaired) electrons. The number of nitrogens with one attached hydrogen (secondary N) is 2. The number of nitrogens with zero attached hydrogens (tertiary/aromatic N) is 2. The quantitative estimate of drug-likeness (QED) is 0.772. The van der Waals surface area contributed by atoms with Crippen LogP contribution in [0.5, 0.6) is 0 Å². The number of anilines is 1. The maximum atomic E-state index is 4.49. The molecule has 2 rings (SSSR count). The highest BCUT2D eigenvalue weighted by molar-refractivity contribution is 5.35. The first kappa shape index (κ1) is 10.4. The summed E-state index contributed by atoms with van der Waals surface area (Å²) in [5.41, 5.74) is 1.02. The SMILES string of the molecule is CNc1cc(C)nc([C@@H]2CCCCN2)n1. The Labute approximate surface area is 90.5 Å². The second-order valence-corrected chi connectivity index (χ2v) is 4.01. The second-order valence-electron chi connectivity index (χ2n) is 4.01. The lowest BCUT2D eigenvalue weighted by atomic mass is 10.0. The Morgan fingerprint density at radius 3 is 2.93 bits per heavy atom. The van der Waals surface area contributed by atoms with Gasteiger partial charge in [-0.25, -0.2) is 9.97 Å². The van der Waals surface area contributed by atoms with Gasteiger partial charge in [0.15, 0.2) is 0 Å². The zero-order valence-corrected chi connectivity index (χ0v) is 9.38. The van der Waals surface area contributed by atoms with E-state index in [2.05, 4.69) is 20.6 Å². The van der Waals surface area contributed by atoms with E-state index in [9.17, 15) is 0 Å². The zero-order chi connectivity index (χ0) is 10.7. The van der Waals surface area contributed by atoms with Crippen LogP contribution in [-0.4, -0.2) is 23.6 Å². The highest BCUT2D eigenvalue weighted by atomic mass is 15.1. The Hall–Kier alpha value is -1.16. The predicted molar refractivity (Wildman–Crippen MR) is 60.9 cm³/mol. The van der Waals surface area contributed by atoms with Gasteiger partial charge in [-0.15, -0.1) is 0 Å². The van der Waals surface area contributed by atoms with Gasteiger partial charge in [0.05, 0.1) is 6.04 Å². The number of hydrogen-bond acceptors (Lipinski definition) is 4. The molecule has 1 aromatic heterocycles. The summed E-state index contributed by atoms with van der Waals surface area (Å²) in [5.74, 6) is 1.84. The fourth-order valence-corrected chi connectivity index (χ4v) is 1.95. The molecule has 1 aliphatic rings. The molecular formula is C11H18N4. The van der Waals surface area contributed by atoms with Gasteiger partial charge in [0.1, 0.15) is 11.6 Å². The van der Waals surface area contributed by atoms with Crippen molar-refractivity contribution in [1.29, 1.82) is 0 Å². The lowest BCUT2D eigenvalue weighted by Crippen LogP contribution is -2.28. The average molecular weight is 206 g/mol. The van der Waals surface area contributed by atoms with Gasteiger partial charge in [-0.2, -0.15) is 0 Å². The van der Waals surface area contributed by atoms with Crippen molar-refractivity contribution in [1.82, 2.24) is 15.3 Å². The molecule has 1 aromatic rings. The normalized spacial score (nSPS) is 21.3. The minimum absolute atomic E-state index is 0.339. The third-order valence-electron chi connectivity index (χ3n) is 2.75. The van der Waals surface area contributed by atoms with E-state index in [1.165, 1.54) is 12.8 Å². The molecule has 0 spiro atoms. The Balaban J connectivity index is 2.22. The van der Waals surface area contributed by atoms with E-state index in [1.54, 1.807) is 0 Å². The molecule has 2 N–H and O–H groups in total. The van der Waals surface area contributed by atoms with E-state index >= 15 is 0 Å². The molecule has 0 aliphatic carbocycles. The maximum absolute atomic E-state index is 4.49. The molecule has 2 heterocycles. The van der Waals surface area contributed by atoms with Crippen molar-refractivity contribution in [2.45, 2.75) is 32.2 Å². The van der Waals surface area contributed by atoms with Crippen LogP contribution in [-0.2, 0) is 0 Å². The molecule has 1 fully saturated rings. The predicted octanol–water partition coefficient (Wildman–Crippen LogP) is 1.64. The Morgan fingerprint density at radius 1 is 1.40 bits per heavy atom. The molecule has 0 aromatic carbocycles. The molecule has 15 heavy (non-hydrogen) atoms. The largest absolute Gasteiger partial charge is 0.373 e. The average Bonchev–Trinajstić information content (AvgIpc) is 2.29. The van der Waals surface area contributed by atoms with E-state index in [0.717, 1.165) is 30.3 Å². The van der Waals surface area contributed by atoms with Gasteiger partial charge < -0.3 is 10.6 Å². The van der Waals surface area contributed by atoms with Gasteiger partial charge in [0.25, 0.3) is 0 Å². The summed E-state index contributed by atoms with van der Waals surface area (Å²) in [6.45, 7) is 3.09. The first-order chi connectivity index (χ1) is 7.29. The van der Waals surface area contributed by atoms with Crippen LogP contribution >= 0.6 is 0 Å². The van der Waals surface area contributed by atoms with Crippen LogP contribution in [0.3, 0.4) is 0 Å². The second kappa shape index (κ2) is 4.57. The van der Waals surface area contributed by atoms with Crippen molar-refractivity contribution in [3.05, 3.63) is 17.6 Å². The van der Waals surface area contributed by atoms with Gasteiger partial charge >= 0.3 is 0 Å². The smallest absolute Gasteiger partial charge is 0.147 e. The molecular weight excluding hydrogens is 188 g/mol.